The zero-order valence-corrected chi connectivity index (χ0v) is 18.1. The minimum Gasteiger partial charge on any atom is -0.494 e. The summed E-state index contributed by atoms with van der Waals surface area (Å²) < 4.78 is 9.16. The van der Waals surface area contributed by atoms with Gasteiger partial charge >= 0.3 is 0 Å². The summed E-state index contributed by atoms with van der Waals surface area (Å²) in [5, 5.41) is 17.1. The molecule has 0 saturated heterocycles. The van der Waals surface area contributed by atoms with Gasteiger partial charge in [0, 0.05) is 18.7 Å². The standard InChI is InChI=1S/C21H30N6O3/c1-6-27-16(9-13(4)25-27)20(29)24-21-23-15-10-14(19(22)28)11-17(30-5)18(15)26(21)8-7-12(2)3/h9-12,19,28H,6-8,22H2,1-5H3,(H,23,24,29). The molecule has 3 rings (SSSR count). The first-order valence-electron chi connectivity index (χ1n) is 10.1. The Kier molecular flexibility index (Phi) is 6.42. The lowest BCUT2D eigenvalue weighted by atomic mass is 10.1. The molecule has 0 saturated carbocycles. The molecule has 2 aromatic heterocycles. The van der Waals surface area contributed by atoms with Crippen LogP contribution in [0.1, 0.15) is 55.2 Å². The number of aliphatic hydroxyl groups excluding tert-OH is 1. The number of carbonyl (C=O) groups excluding carboxylic acids is 1. The fourth-order valence-corrected chi connectivity index (χ4v) is 3.41. The lowest BCUT2D eigenvalue weighted by Crippen LogP contribution is -2.20. The van der Waals surface area contributed by atoms with Gasteiger partial charge in [-0.25, -0.2) is 4.98 Å². The van der Waals surface area contributed by atoms with E-state index in [1.807, 2.05) is 18.4 Å². The first kappa shape index (κ1) is 21.8. The van der Waals surface area contributed by atoms with Crippen LogP contribution in [-0.4, -0.2) is 37.5 Å². The quantitative estimate of drug-likeness (QED) is 0.488. The van der Waals surface area contributed by atoms with Gasteiger partial charge in [0.1, 0.15) is 23.2 Å². The highest BCUT2D eigenvalue weighted by Crippen LogP contribution is 2.32. The number of nitrogens with zero attached hydrogens (tertiary/aromatic N) is 4. The summed E-state index contributed by atoms with van der Waals surface area (Å²) in [5.41, 5.74) is 8.73. The highest BCUT2D eigenvalue weighted by atomic mass is 16.5. The molecule has 2 heterocycles. The second-order valence-corrected chi connectivity index (χ2v) is 7.75. The third kappa shape index (κ3) is 4.31. The number of ether oxygens (including phenoxy) is 1. The van der Waals surface area contributed by atoms with Crippen LogP contribution in [0, 0.1) is 12.8 Å². The Hall–Kier alpha value is -2.91. The number of nitrogens with one attached hydrogen (secondary N) is 1. The predicted octanol–water partition coefficient (Wildman–Crippen LogP) is 2.82. The highest BCUT2D eigenvalue weighted by molar-refractivity contribution is 6.03. The molecule has 1 atom stereocenters. The highest BCUT2D eigenvalue weighted by Gasteiger charge is 2.21. The number of methoxy groups -OCH3 is 1. The smallest absolute Gasteiger partial charge is 0.276 e. The number of aliphatic hydroxyl groups is 1. The molecular formula is C21H30N6O3. The summed E-state index contributed by atoms with van der Waals surface area (Å²) in [5.74, 6) is 1.14. The van der Waals surface area contributed by atoms with Crippen molar-refractivity contribution in [3.05, 3.63) is 35.2 Å². The molecule has 0 fully saturated rings. The second kappa shape index (κ2) is 8.85. The Labute approximate surface area is 175 Å². The van der Waals surface area contributed by atoms with Gasteiger partial charge in [-0.05, 0) is 44.4 Å². The minimum atomic E-state index is -1.15. The third-order valence-corrected chi connectivity index (χ3v) is 4.98. The van der Waals surface area contributed by atoms with Gasteiger partial charge in [-0.3, -0.25) is 14.8 Å². The molecule has 4 N–H and O–H groups in total. The molecule has 30 heavy (non-hydrogen) atoms. The Bertz CT molecular complexity index is 1050. The van der Waals surface area contributed by atoms with E-state index in [4.69, 9.17) is 10.5 Å². The largest absolute Gasteiger partial charge is 0.494 e. The molecule has 0 spiro atoms. The van der Waals surface area contributed by atoms with Crippen molar-refractivity contribution in [2.24, 2.45) is 11.7 Å². The number of rotatable bonds is 8. The first-order chi connectivity index (χ1) is 14.2. The topological polar surface area (TPSA) is 120 Å². The summed E-state index contributed by atoms with van der Waals surface area (Å²) >= 11 is 0. The molecule has 162 valence electrons. The van der Waals surface area contributed by atoms with Gasteiger partial charge in [0.25, 0.3) is 5.91 Å². The average molecular weight is 415 g/mol. The average Bonchev–Trinajstić information content (AvgIpc) is 3.24. The maximum absolute atomic E-state index is 13.0. The lowest BCUT2D eigenvalue weighted by molar-refractivity contribution is 0.101. The van der Waals surface area contributed by atoms with E-state index in [0.29, 0.717) is 47.5 Å². The van der Waals surface area contributed by atoms with Gasteiger partial charge in [-0.15, -0.1) is 0 Å². The van der Waals surface area contributed by atoms with E-state index in [1.54, 1.807) is 30.0 Å². The number of imidazole rings is 1. The predicted molar refractivity (Wildman–Crippen MR) is 115 cm³/mol. The van der Waals surface area contributed by atoms with Crippen LogP contribution in [-0.2, 0) is 13.1 Å². The van der Waals surface area contributed by atoms with E-state index in [0.717, 1.165) is 17.6 Å². The van der Waals surface area contributed by atoms with Crippen molar-refractivity contribution >= 4 is 22.9 Å². The number of hydrogen-bond donors (Lipinski definition) is 3. The number of amides is 1. The van der Waals surface area contributed by atoms with Crippen molar-refractivity contribution < 1.29 is 14.6 Å². The number of anilines is 1. The van der Waals surface area contributed by atoms with Crippen molar-refractivity contribution in [3.63, 3.8) is 0 Å². The Balaban J connectivity index is 2.09. The normalized spacial score (nSPS) is 12.5. The van der Waals surface area contributed by atoms with Crippen LogP contribution in [0.15, 0.2) is 18.2 Å². The van der Waals surface area contributed by atoms with Gasteiger partial charge in [0.05, 0.1) is 18.3 Å². The van der Waals surface area contributed by atoms with Gasteiger partial charge in [-0.1, -0.05) is 13.8 Å². The SMILES string of the molecule is CCn1nc(C)cc1C(=O)Nc1nc2cc(C(N)O)cc(OC)c2n1CCC(C)C. The molecule has 9 heteroatoms. The van der Waals surface area contributed by atoms with Gasteiger partial charge in [-0.2, -0.15) is 5.10 Å². The van der Waals surface area contributed by atoms with E-state index in [2.05, 4.69) is 29.2 Å². The molecule has 1 aromatic carbocycles. The molecule has 0 radical (unpaired) electrons. The summed E-state index contributed by atoms with van der Waals surface area (Å²) in [4.78, 5) is 17.6. The fraction of sp³-hybridized carbons (Fsp3) is 0.476. The zero-order valence-electron chi connectivity index (χ0n) is 18.1. The maximum atomic E-state index is 13.0. The number of benzene rings is 1. The maximum Gasteiger partial charge on any atom is 0.276 e. The van der Waals surface area contributed by atoms with Gasteiger partial charge in [0.2, 0.25) is 5.95 Å². The summed E-state index contributed by atoms with van der Waals surface area (Å²) in [6.07, 6.45) is -0.255. The van der Waals surface area contributed by atoms with Crippen LogP contribution in [0.2, 0.25) is 0 Å². The Morgan fingerprint density at radius 2 is 2.07 bits per heavy atom. The van der Waals surface area contributed by atoms with Gasteiger partial charge < -0.3 is 20.1 Å². The molecule has 0 aliphatic carbocycles. The van der Waals surface area contributed by atoms with Crippen LogP contribution in [0.3, 0.4) is 0 Å². The van der Waals surface area contributed by atoms with Crippen molar-refractivity contribution in [3.8, 4) is 5.75 Å². The van der Waals surface area contributed by atoms with Crippen LogP contribution in [0.4, 0.5) is 5.95 Å². The summed E-state index contributed by atoms with van der Waals surface area (Å²) in [6.45, 7) is 9.31. The summed E-state index contributed by atoms with van der Waals surface area (Å²) in [7, 11) is 1.56. The van der Waals surface area contributed by atoms with Crippen LogP contribution >= 0.6 is 0 Å². The van der Waals surface area contributed by atoms with Crippen molar-refractivity contribution in [1.82, 2.24) is 19.3 Å². The van der Waals surface area contributed by atoms with Crippen LogP contribution in [0.25, 0.3) is 11.0 Å². The molecule has 1 amide bonds. The molecular weight excluding hydrogens is 384 g/mol. The monoisotopic (exact) mass is 414 g/mol. The molecule has 1 unspecified atom stereocenters. The van der Waals surface area contributed by atoms with E-state index < -0.39 is 6.23 Å². The van der Waals surface area contributed by atoms with Crippen LogP contribution < -0.4 is 15.8 Å². The first-order valence-corrected chi connectivity index (χ1v) is 10.1. The fourth-order valence-electron chi connectivity index (χ4n) is 3.41. The molecule has 0 bridgehead atoms. The minimum absolute atomic E-state index is 0.281. The molecule has 0 aliphatic rings. The van der Waals surface area contributed by atoms with Crippen molar-refractivity contribution in [2.45, 2.75) is 53.4 Å². The molecule has 3 aromatic rings. The molecule has 9 nitrogen and oxygen atoms in total. The number of carbonyl (C=O) groups is 1. The number of aromatic nitrogens is 4. The Morgan fingerprint density at radius 1 is 1.33 bits per heavy atom. The second-order valence-electron chi connectivity index (χ2n) is 7.75. The van der Waals surface area contributed by atoms with Crippen molar-refractivity contribution in [1.29, 1.82) is 0 Å². The number of fused-ring (bicyclic) bond motifs is 1. The zero-order chi connectivity index (χ0) is 22.0. The van der Waals surface area contributed by atoms with Crippen molar-refractivity contribution in [2.75, 3.05) is 12.4 Å². The van der Waals surface area contributed by atoms with Gasteiger partial charge in [0.15, 0.2) is 0 Å². The van der Waals surface area contributed by atoms with E-state index >= 15 is 0 Å². The summed E-state index contributed by atoms with van der Waals surface area (Å²) in [6, 6.07) is 5.16. The van der Waals surface area contributed by atoms with E-state index in [9.17, 15) is 9.90 Å². The molecule has 0 aliphatic heterocycles. The number of aryl methyl sites for hydroxylation is 3. The number of nitrogens with two attached hydrogens (primary N) is 1. The lowest BCUT2D eigenvalue weighted by Gasteiger charge is -2.14. The third-order valence-electron chi connectivity index (χ3n) is 4.98. The van der Waals surface area contributed by atoms with Crippen LogP contribution in [0.5, 0.6) is 5.75 Å². The van der Waals surface area contributed by atoms with E-state index in [-0.39, 0.29) is 5.91 Å². The van der Waals surface area contributed by atoms with E-state index in [1.165, 1.54) is 0 Å². The Morgan fingerprint density at radius 3 is 2.67 bits per heavy atom. The number of hydrogen-bond acceptors (Lipinski definition) is 6.